The maximum atomic E-state index is 13.1. The van der Waals surface area contributed by atoms with Gasteiger partial charge in [-0.15, -0.1) is 0 Å². The quantitative estimate of drug-likeness (QED) is 0.281. The molecule has 0 aliphatic carbocycles. The average molecular weight is 421 g/mol. The Morgan fingerprint density at radius 1 is 1.21 bits per heavy atom. The number of hydrogen-bond donors (Lipinski definition) is 1. The van der Waals surface area contributed by atoms with Gasteiger partial charge in [0, 0.05) is 4.90 Å². The lowest BCUT2D eigenvalue weighted by atomic mass is 10.2. The lowest BCUT2D eigenvalue weighted by Gasteiger charge is -2.10. The topological polar surface area (TPSA) is 76.7 Å². The van der Waals surface area contributed by atoms with Crippen LogP contribution in [-0.4, -0.2) is 34.3 Å². The van der Waals surface area contributed by atoms with Crippen LogP contribution in [0.2, 0.25) is 0 Å². The minimum absolute atomic E-state index is 0.116. The molecule has 1 heterocycles. The molecule has 29 heavy (non-hydrogen) atoms. The van der Waals surface area contributed by atoms with Crippen molar-refractivity contribution >= 4 is 23.9 Å². The zero-order valence-corrected chi connectivity index (χ0v) is 15.7. The monoisotopic (exact) mass is 421 g/mol. The lowest BCUT2D eigenvalue weighted by molar-refractivity contribution is -0.137. The second-order valence-corrected chi connectivity index (χ2v) is 6.74. The standard InChI is InChI=1S/C19H14F3N3O3S/c1-28-18(26)16-15(11-23-27)17(25(24-16)13-7-3-2-4-8-13)29-14-9-5-6-12(10-14)19(20,21)22/h2-11,27H,1H3/b23-11+. The number of methoxy groups -OCH3 is 1. The van der Waals surface area contributed by atoms with E-state index in [2.05, 4.69) is 10.3 Å². The maximum absolute atomic E-state index is 13.1. The number of aromatic nitrogens is 2. The van der Waals surface area contributed by atoms with Crippen molar-refractivity contribution in [3.63, 3.8) is 0 Å². The number of esters is 1. The third-order valence-electron chi connectivity index (χ3n) is 3.82. The van der Waals surface area contributed by atoms with E-state index in [4.69, 9.17) is 9.94 Å². The third kappa shape index (κ3) is 4.43. The van der Waals surface area contributed by atoms with Crippen LogP contribution in [0.3, 0.4) is 0 Å². The predicted molar refractivity (Wildman–Crippen MR) is 99.9 cm³/mol. The normalized spacial score (nSPS) is 11.7. The first-order valence-corrected chi connectivity index (χ1v) is 8.96. The Hall–Kier alpha value is -3.27. The zero-order chi connectivity index (χ0) is 21.0. The molecule has 0 aliphatic rings. The van der Waals surface area contributed by atoms with Gasteiger partial charge in [-0.05, 0) is 30.3 Å². The summed E-state index contributed by atoms with van der Waals surface area (Å²) in [4.78, 5) is 12.4. The number of alkyl halides is 3. The second kappa shape index (κ2) is 8.39. The van der Waals surface area contributed by atoms with Gasteiger partial charge in [-0.2, -0.15) is 18.3 Å². The highest BCUT2D eigenvalue weighted by Gasteiger charge is 2.31. The number of carbonyl (C=O) groups excluding carboxylic acids is 1. The van der Waals surface area contributed by atoms with Crippen LogP contribution in [0, 0.1) is 0 Å². The lowest BCUT2D eigenvalue weighted by Crippen LogP contribution is -2.06. The van der Waals surface area contributed by atoms with Gasteiger partial charge in [0.2, 0.25) is 0 Å². The maximum Gasteiger partial charge on any atom is 0.416 e. The van der Waals surface area contributed by atoms with E-state index in [1.54, 1.807) is 30.3 Å². The summed E-state index contributed by atoms with van der Waals surface area (Å²) in [7, 11) is 1.17. The summed E-state index contributed by atoms with van der Waals surface area (Å²) in [5.74, 6) is -0.777. The van der Waals surface area contributed by atoms with Crippen LogP contribution in [0.1, 0.15) is 21.6 Å². The number of oxime groups is 1. The van der Waals surface area contributed by atoms with Crippen molar-refractivity contribution in [1.29, 1.82) is 0 Å². The summed E-state index contributed by atoms with van der Waals surface area (Å²) in [6.07, 6.45) is -3.50. The van der Waals surface area contributed by atoms with Crippen molar-refractivity contribution in [2.45, 2.75) is 16.1 Å². The number of halogens is 3. The van der Waals surface area contributed by atoms with Crippen LogP contribution in [0.25, 0.3) is 5.69 Å². The second-order valence-electron chi connectivity index (χ2n) is 5.68. The third-order valence-corrected chi connectivity index (χ3v) is 4.90. The van der Waals surface area contributed by atoms with Crippen molar-refractivity contribution in [1.82, 2.24) is 9.78 Å². The Bertz CT molecular complexity index is 1050. The molecule has 0 aliphatic heterocycles. The Balaban J connectivity index is 2.18. The van der Waals surface area contributed by atoms with Crippen LogP contribution in [-0.2, 0) is 10.9 Å². The molecule has 3 rings (SSSR count). The Kier molecular flexibility index (Phi) is 5.92. The number of nitrogens with zero attached hydrogens (tertiary/aromatic N) is 3. The van der Waals surface area contributed by atoms with Crippen molar-refractivity contribution in [3.05, 3.63) is 71.4 Å². The highest BCUT2D eigenvalue weighted by Crippen LogP contribution is 2.37. The van der Waals surface area contributed by atoms with Gasteiger partial charge in [-0.1, -0.05) is 41.2 Å². The Labute approximate surface area is 167 Å². The molecule has 0 atom stereocenters. The van der Waals surface area contributed by atoms with Gasteiger partial charge in [0.1, 0.15) is 5.03 Å². The molecule has 0 saturated carbocycles. The highest BCUT2D eigenvalue weighted by molar-refractivity contribution is 7.99. The molecule has 2 aromatic carbocycles. The smallest absolute Gasteiger partial charge is 0.416 e. The van der Waals surface area contributed by atoms with E-state index < -0.39 is 17.7 Å². The van der Waals surface area contributed by atoms with Gasteiger partial charge in [-0.3, -0.25) is 0 Å². The number of para-hydroxylation sites is 1. The molecule has 0 amide bonds. The Morgan fingerprint density at radius 3 is 2.55 bits per heavy atom. The van der Waals surface area contributed by atoms with E-state index in [0.717, 1.165) is 30.1 Å². The van der Waals surface area contributed by atoms with Crippen LogP contribution < -0.4 is 0 Å². The largest absolute Gasteiger partial charge is 0.464 e. The summed E-state index contributed by atoms with van der Waals surface area (Å²) in [6, 6.07) is 13.4. The molecule has 10 heteroatoms. The van der Waals surface area contributed by atoms with Gasteiger partial charge in [0.25, 0.3) is 0 Å². The van der Waals surface area contributed by atoms with E-state index >= 15 is 0 Å². The minimum Gasteiger partial charge on any atom is -0.464 e. The first-order chi connectivity index (χ1) is 13.8. The van der Waals surface area contributed by atoms with Gasteiger partial charge < -0.3 is 9.94 Å². The molecule has 0 radical (unpaired) electrons. The minimum atomic E-state index is -4.50. The van der Waals surface area contributed by atoms with E-state index in [9.17, 15) is 18.0 Å². The molecule has 0 saturated heterocycles. The van der Waals surface area contributed by atoms with Crippen LogP contribution in [0.5, 0.6) is 0 Å². The van der Waals surface area contributed by atoms with Crippen LogP contribution in [0.15, 0.2) is 69.7 Å². The van der Waals surface area contributed by atoms with Crippen molar-refractivity contribution in [2.75, 3.05) is 7.11 Å². The zero-order valence-electron chi connectivity index (χ0n) is 14.9. The van der Waals surface area contributed by atoms with Crippen LogP contribution in [0.4, 0.5) is 13.2 Å². The molecule has 0 fully saturated rings. The summed E-state index contributed by atoms with van der Waals surface area (Å²) in [5, 5.41) is 16.5. The van der Waals surface area contributed by atoms with Crippen LogP contribution >= 0.6 is 11.8 Å². The van der Waals surface area contributed by atoms with E-state index in [1.165, 1.54) is 23.9 Å². The first kappa shape index (κ1) is 20.5. The van der Waals surface area contributed by atoms with Gasteiger partial charge in [0.05, 0.1) is 30.1 Å². The average Bonchev–Trinajstić information content (AvgIpc) is 3.06. The number of hydrogen-bond acceptors (Lipinski definition) is 6. The molecule has 0 spiro atoms. The van der Waals surface area contributed by atoms with Gasteiger partial charge in [-0.25, -0.2) is 9.48 Å². The number of carbonyl (C=O) groups is 1. The predicted octanol–water partition coefficient (Wildman–Crippen LogP) is 4.64. The molecule has 150 valence electrons. The van der Waals surface area contributed by atoms with Gasteiger partial charge >= 0.3 is 12.1 Å². The van der Waals surface area contributed by atoms with E-state index in [1.807, 2.05) is 0 Å². The fourth-order valence-corrected chi connectivity index (χ4v) is 3.57. The summed E-state index contributed by atoms with van der Waals surface area (Å²) < 4.78 is 45.3. The fraction of sp³-hybridized carbons (Fsp3) is 0.105. The highest BCUT2D eigenvalue weighted by atomic mass is 32.2. The molecule has 1 N–H and O–H groups in total. The Morgan fingerprint density at radius 2 is 1.93 bits per heavy atom. The van der Waals surface area contributed by atoms with Crippen molar-refractivity contribution in [3.8, 4) is 5.69 Å². The number of benzene rings is 2. The van der Waals surface area contributed by atoms with Crippen molar-refractivity contribution < 1.29 is 27.9 Å². The number of ether oxygens (including phenoxy) is 1. The summed E-state index contributed by atoms with van der Waals surface area (Å²) >= 11 is 0.945. The summed E-state index contributed by atoms with van der Waals surface area (Å²) in [6.45, 7) is 0. The molecule has 6 nitrogen and oxygen atoms in total. The molecule has 0 unspecified atom stereocenters. The van der Waals surface area contributed by atoms with Gasteiger partial charge in [0.15, 0.2) is 5.69 Å². The molecule has 1 aromatic heterocycles. The molecular formula is C19H14F3N3O3S. The molecular weight excluding hydrogens is 407 g/mol. The van der Waals surface area contributed by atoms with Crippen molar-refractivity contribution in [2.24, 2.45) is 5.16 Å². The SMILES string of the molecule is COC(=O)c1nn(-c2ccccc2)c(Sc2cccc(C(F)(F)F)c2)c1/C=N/O. The fourth-order valence-electron chi connectivity index (χ4n) is 2.53. The number of rotatable bonds is 5. The van der Waals surface area contributed by atoms with E-state index in [-0.39, 0.29) is 21.2 Å². The summed E-state index contributed by atoms with van der Waals surface area (Å²) in [5.41, 5.74) is -0.266. The molecule has 0 bridgehead atoms. The molecule has 3 aromatic rings. The van der Waals surface area contributed by atoms with E-state index in [0.29, 0.717) is 5.69 Å². The first-order valence-electron chi connectivity index (χ1n) is 8.14.